The van der Waals surface area contributed by atoms with Gasteiger partial charge in [0, 0.05) is 19.2 Å². The van der Waals surface area contributed by atoms with Gasteiger partial charge in [0.05, 0.1) is 19.1 Å². The first-order valence-corrected chi connectivity index (χ1v) is 6.76. The number of hydrogen-bond donors (Lipinski definition) is 1. The molecule has 0 aromatic heterocycles. The van der Waals surface area contributed by atoms with E-state index in [0.29, 0.717) is 31.7 Å². The lowest BCUT2D eigenvalue weighted by Gasteiger charge is -2.30. The summed E-state index contributed by atoms with van der Waals surface area (Å²) in [5, 5.41) is 3.42. The van der Waals surface area contributed by atoms with E-state index >= 15 is 0 Å². The molecule has 0 spiro atoms. The van der Waals surface area contributed by atoms with Gasteiger partial charge < -0.3 is 14.8 Å². The lowest BCUT2D eigenvalue weighted by molar-refractivity contribution is -0.143. The lowest BCUT2D eigenvalue weighted by Crippen LogP contribution is -2.39. The molecule has 0 amide bonds. The Kier molecular flexibility index (Phi) is 7.21. The largest absolute Gasteiger partial charge is 0.466 e. The number of hydrogen-bond acceptors (Lipinski definition) is 4. The van der Waals surface area contributed by atoms with Crippen molar-refractivity contribution in [2.24, 2.45) is 0 Å². The zero-order valence-electron chi connectivity index (χ0n) is 11.0. The van der Waals surface area contributed by atoms with E-state index in [1.807, 2.05) is 6.92 Å². The SMILES string of the molecule is CCCC1CC(NCCC(=O)OCC)CCO1. The summed E-state index contributed by atoms with van der Waals surface area (Å²) in [6.45, 7) is 6.03. The summed E-state index contributed by atoms with van der Waals surface area (Å²) < 4.78 is 10.6. The Morgan fingerprint density at radius 3 is 3.00 bits per heavy atom. The van der Waals surface area contributed by atoms with Gasteiger partial charge in [0.2, 0.25) is 0 Å². The first-order chi connectivity index (χ1) is 8.26. The molecule has 1 heterocycles. The van der Waals surface area contributed by atoms with Gasteiger partial charge in [-0.1, -0.05) is 13.3 Å². The van der Waals surface area contributed by atoms with Crippen LogP contribution in [0.25, 0.3) is 0 Å². The monoisotopic (exact) mass is 243 g/mol. The second kappa shape index (κ2) is 8.48. The normalized spacial score (nSPS) is 24.6. The zero-order chi connectivity index (χ0) is 12.5. The quantitative estimate of drug-likeness (QED) is 0.694. The van der Waals surface area contributed by atoms with Crippen molar-refractivity contribution in [3.05, 3.63) is 0 Å². The third-order valence-corrected chi connectivity index (χ3v) is 3.05. The topological polar surface area (TPSA) is 47.6 Å². The van der Waals surface area contributed by atoms with Gasteiger partial charge in [-0.3, -0.25) is 4.79 Å². The van der Waals surface area contributed by atoms with Crippen LogP contribution < -0.4 is 5.32 Å². The van der Waals surface area contributed by atoms with E-state index in [2.05, 4.69) is 12.2 Å². The van der Waals surface area contributed by atoms with Crippen molar-refractivity contribution in [3.8, 4) is 0 Å². The van der Waals surface area contributed by atoms with E-state index in [0.717, 1.165) is 25.9 Å². The van der Waals surface area contributed by atoms with Gasteiger partial charge in [-0.05, 0) is 26.2 Å². The van der Waals surface area contributed by atoms with Crippen molar-refractivity contribution in [1.82, 2.24) is 5.32 Å². The van der Waals surface area contributed by atoms with Crippen molar-refractivity contribution in [1.29, 1.82) is 0 Å². The molecule has 0 aromatic carbocycles. The number of ether oxygens (including phenoxy) is 2. The van der Waals surface area contributed by atoms with E-state index in [1.165, 1.54) is 6.42 Å². The van der Waals surface area contributed by atoms with E-state index in [-0.39, 0.29) is 5.97 Å². The van der Waals surface area contributed by atoms with Crippen LogP contribution in [0.3, 0.4) is 0 Å². The van der Waals surface area contributed by atoms with E-state index < -0.39 is 0 Å². The number of rotatable bonds is 7. The maximum Gasteiger partial charge on any atom is 0.307 e. The smallest absolute Gasteiger partial charge is 0.307 e. The molecule has 4 heteroatoms. The number of esters is 1. The Morgan fingerprint density at radius 2 is 2.29 bits per heavy atom. The minimum atomic E-state index is -0.114. The predicted molar refractivity (Wildman–Crippen MR) is 66.9 cm³/mol. The van der Waals surface area contributed by atoms with Gasteiger partial charge in [-0.15, -0.1) is 0 Å². The molecule has 0 radical (unpaired) electrons. The molecule has 4 nitrogen and oxygen atoms in total. The maximum atomic E-state index is 11.2. The molecule has 1 N–H and O–H groups in total. The van der Waals surface area contributed by atoms with Gasteiger partial charge in [-0.25, -0.2) is 0 Å². The average Bonchev–Trinajstić information content (AvgIpc) is 2.30. The van der Waals surface area contributed by atoms with Crippen molar-refractivity contribution >= 4 is 5.97 Å². The van der Waals surface area contributed by atoms with Crippen molar-refractivity contribution in [2.75, 3.05) is 19.8 Å². The van der Waals surface area contributed by atoms with Gasteiger partial charge >= 0.3 is 5.97 Å². The zero-order valence-corrected chi connectivity index (χ0v) is 11.0. The molecular weight excluding hydrogens is 218 g/mol. The molecule has 2 unspecified atom stereocenters. The van der Waals surface area contributed by atoms with Crippen LogP contribution in [0.2, 0.25) is 0 Å². The number of carbonyl (C=O) groups excluding carboxylic acids is 1. The maximum absolute atomic E-state index is 11.2. The minimum absolute atomic E-state index is 0.114. The molecule has 0 aromatic rings. The number of nitrogens with one attached hydrogen (secondary N) is 1. The molecule has 0 aliphatic carbocycles. The van der Waals surface area contributed by atoms with Gasteiger partial charge in [0.25, 0.3) is 0 Å². The average molecular weight is 243 g/mol. The summed E-state index contributed by atoms with van der Waals surface area (Å²) in [6.07, 6.45) is 5.27. The molecule has 1 aliphatic rings. The van der Waals surface area contributed by atoms with Gasteiger partial charge in [0.15, 0.2) is 0 Å². The Bertz CT molecular complexity index is 219. The minimum Gasteiger partial charge on any atom is -0.466 e. The Balaban J connectivity index is 2.12. The Labute approximate surface area is 104 Å². The molecule has 1 rings (SSSR count). The summed E-state index contributed by atoms with van der Waals surface area (Å²) in [5.41, 5.74) is 0. The van der Waals surface area contributed by atoms with Crippen LogP contribution in [-0.2, 0) is 14.3 Å². The van der Waals surface area contributed by atoms with Crippen LogP contribution in [0.15, 0.2) is 0 Å². The van der Waals surface area contributed by atoms with E-state index in [4.69, 9.17) is 9.47 Å². The molecule has 1 fully saturated rings. The molecule has 1 aliphatic heterocycles. The highest BCUT2D eigenvalue weighted by atomic mass is 16.5. The third kappa shape index (κ3) is 6.03. The van der Waals surface area contributed by atoms with Gasteiger partial charge in [0.1, 0.15) is 0 Å². The molecule has 17 heavy (non-hydrogen) atoms. The number of carbonyl (C=O) groups is 1. The van der Waals surface area contributed by atoms with Crippen LogP contribution in [0, 0.1) is 0 Å². The molecule has 0 saturated carbocycles. The van der Waals surface area contributed by atoms with Crippen molar-refractivity contribution < 1.29 is 14.3 Å². The highest BCUT2D eigenvalue weighted by Gasteiger charge is 2.21. The first-order valence-electron chi connectivity index (χ1n) is 6.76. The Hall–Kier alpha value is -0.610. The van der Waals surface area contributed by atoms with Crippen LogP contribution in [0.4, 0.5) is 0 Å². The van der Waals surface area contributed by atoms with Gasteiger partial charge in [-0.2, -0.15) is 0 Å². The van der Waals surface area contributed by atoms with Crippen LogP contribution >= 0.6 is 0 Å². The molecule has 0 bridgehead atoms. The fraction of sp³-hybridized carbons (Fsp3) is 0.923. The molecule has 1 saturated heterocycles. The second-order valence-electron chi connectivity index (χ2n) is 4.51. The summed E-state index contributed by atoms with van der Waals surface area (Å²) in [7, 11) is 0. The standard InChI is InChI=1S/C13H25NO3/c1-3-5-12-10-11(7-9-17-12)14-8-6-13(15)16-4-2/h11-12,14H,3-10H2,1-2H3. The molecular formula is C13H25NO3. The predicted octanol–water partition coefficient (Wildman–Crippen LogP) is 1.88. The fourth-order valence-electron chi connectivity index (χ4n) is 2.20. The van der Waals surface area contributed by atoms with Crippen molar-refractivity contribution in [2.45, 2.75) is 58.1 Å². The van der Waals surface area contributed by atoms with Crippen LogP contribution in [-0.4, -0.2) is 37.9 Å². The van der Waals surface area contributed by atoms with E-state index in [1.54, 1.807) is 0 Å². The summed E-state index contributed by atoms with van der Waals surface area (Å²) in [5.74, 6) is -0.114. The second-order valence-corrected chi connectivity index (χ2v) is 4.51. The van der Waals surface area contributed by atoms with Crippen LogP contribution in [0.5, 0.6) is 0 Å². The third-order valence-electron chi connectivity index (χ3n) is 3.05. The van der Waals surface area contributed by atoms with Crippen molar-refractivity contribution in [3.63, 3.8) is 0 Å². The summed E-state index contributed by atoms with van der Waals surface area (Å²) in [4.78, 5) is 11.2. The lowest BCUT2D eigenvalue weighted by atomic mass is 10.00. The Morgan fingerprint density at radius 1 is 1.47 bits per heavy atom. The molecule has 2 atom stereocenters. The summed E-state index contributed by atoms with van der Waals surface area (Å²) >= 11 is 0. The first kappa shape index (κ1) is 14.5. The summed E-state index contributed by atoms with van der Waals surface area (Å²) in [6, 6.07) is 0.495. The van der Waals surface area contributed by atoms with E-state index in [9.17, 15) is 4.79 Å². The highest BCUT2D eigenvalue weighted by Crippen LogP contribution is 2.17. The fourth-order valence-corrected chi connectivity index (χ4v) is 2.20. The molecule has 100 valence electrons. The highest BCUT2D eigenvalue weighted by molar-refractivity contribution is 5.69. The van der Waals surface area contributed by atoms with Crippen LogP contribution in [0.1, 0.15) is 46.0 Å².